The molecule has 4 nitrogen and oxygen atoms in total. The van der Waals surface area contributed by atoms with Gasteiger partial charge in [0.1, 0.15) is 0 Å². The Balaban J connectivity index is 0.898. The first-order valence-corrected chi connectivity index (χ1v) is 34.5. The summed E-state index contributed by atoms with van der Waals surface area (Å²) in [6.45, 7) is 6.94. The smallest absolute Gasteiger partial charge is 0.252 e. The number of hydrogen-bond acceptors (Lipinski definition) is 2. The Kier molecular flexibility index (Phi) is 13.6. The Morgan fingerprint density at radius 2 is 0.465 bits per heavy atom. The lowest BCUT2D eigenvalue weighted by Crippen LogP contribution is -2.61. The van der Waals surface area contributed by atoms with Crippen LogP contribution in [-0.2, 0) is 5.41 Å². The maximum atomic E-state index is 2.64. The SMILES string of the molecule is CC(C)(C)c1cc2c3c(c1)N(c1ccccc1-n1c4ccc(-c5ccccc5)cc4c4cc(-c5ccccc5)ccc41)c1ccc(-c4ccccc4)cc1B3c1cc(-c3ccccc3)ccc1N2c1ccccc1-n1c2ccc(-c3ccccc3)cc2c2cc(-c3ccccc3)ccc21. The molecule has 0 unspecified atom stereocenters. The second-order valence-electron chi connectivity index (χ2n) is 27.6. The van der Waals surface area contributed by atoms with Gasteiger partial charge in [0.25, 0.3) is 6.71 Å². The van der Waals surface area contributed by atoms with Crippen molar-refractivity contribution in [1.82, 2.24) is 9.13 Å². The first-order valence-electron chi connectivity index (χ1n) is 34.5. The fourth-order valence-corrected chi connectivity index (χ4v) is 16.1. The molecular weight excluding hydrogens is 1200 g/mol. The zero-order chi connectivity index (χ0) is 65.9. The number of nitrogens with zero attached hydrogens (tertiary/aromatic N) is 4. The molecule has 0 fully saturated rings. The monoisotopic (exact) mass is 1260 g/mol. The largest absolute Gasteiger partial charge is 0.309 e. The molecule has 0 aliphatic carbocycles. The summed E-state index contributed by atoms with van der Waals surface area (Å²) in [5, 5.41) is 4.81. The molecule has 2 aliphatic rings. The van der Waals surface area contributed by atoms with Gasteiger partial charge in [0, 0.05) is 44.3 Å². The Morgan fingerprint density at radius 3 is 0.747 bits per heavy atom. The van der Waals surface area contributed by atoms with Crippen LogP contribution in [0.2, 0.25) is 0 Å². The highest BCUT2D eigenvalue weighted by Crippen LogP contribution is 2.51. The summed E-state index contributed by atoms with van der Waals surface area (Å²) in [5.74, 6) is 0. The molecular formula is C94H67BN4. The van der Waals surface area contributed by atoms with E-state index < -0.39 is 0 Å². The molecule has 17 aromatic rings. The number of anilines is 6. The third-order valence-corrected chi connectivity index (χ3v) is 20.8. The highest BCUT2D eigenvalue weighted by Gasteiger charge is 2.45. The van der Waals surface area contributed by atoms with Gasteiger partial charge < -0.3 is 18.9 Å². The summed E-state index contributed by atoms with van der Waals surface area (Å²) in [7, 11) is 0. The van der Waals surface area contributed by atoms with Crippen LogP contribution in [-0.4, -0.2) is 15.8 Å². The van der Waals surface area contributed by atoms with E-state index >= 15 is 0 Å². The molecule has 19 rings (SSSR count). The van der Waals surface area contributed by atoms with Gasteiger partial charge in [-0.05, 0) is 191 Å². The van der Waals surface area contributed by atoms with Gasteiger partial charge in [-0.2, -0.15) is 0 Å². The molecule has 0 radical (unpaired) electrons. The van der Waals surface area contributed by atoms with Crippen molar-refractivity contribution in [3.63, 3.8) is 0 Å². The average molecular weight is 1260 g/mol. The van der Waals surface area contributed by atoms with Crippen LogP contribution >= 0.6 is 0 Å². The maximum absolute atomic E-state index is 2.64. The van der Waals surface area contributed by atoms with Crippen LogP contribution in [0.15, 0.2) is 352 Å². The van der Waals surface area contributed by atoms with E-state index in [1.807, 2.05) is 0 Å². The van der Waals surface area contributed by atoms with Gasteiger partial charge in [-0.3, -0.25) is 0 Å². The van der Waals surface area contributed by atoms with E-state index in [4.69, 9.17) is 0 Å². The van der Waals surface area contributed by atoms with Crippen LogP contribution in [0.5, 0.6) is 0 Å². The summed E-state index contributed by atoms with van der Waals surface area (Å²) >= 11 is 0. The van der Waals surface area contributed by atoms with Crippen LogP contribution in [0.25, 0.3) is 122 Å². The minimum Gasteiger partial charge on any atom is -0.309 e. The molecule has 0 saturated heterocycles. The van der Waals surface area contributed by atoms with Gasteiger partial charge in [0.15, 0.2) is 0 Å². The van der Waals surface area contributed by atoms with Crippen LogP contribution in [0, 0.1) is 0 Å². The second-order valence-corrected chi connectivity index (χ2v) is 27.6. The lowest BCUT2D eigenvalue weighted by Gasteiger charge is -2.46. The summed E-state index contributed by atoms with van der Waals surface area (Å²) in [4.78, 5) is 5.27. The number of rotatable bonds is 10. The van der Waals surface area contributed by atoms with Crippen LogP contribution in [0.3, 0.4) is 0 Å². The molecule has 15 aromatic carbocycles. The van der Waals surface area contributed by atoms with E-state index in [9.17, 15) is 0 Å². The Morgan fingerprint density at radius 1 is 0.212 bits per heavy atom. The predicted molar refractivity (Wildman–Crippen MR) is 420 cm³/mol. The van der Waals surface area contributed by atoms with Gasteiger partial charge >= 0.3 is 0 Å². The first kappa shape index (κ1) is 58.0. The van der Waals surface area contributed by atoms with Gasteiger partial charge in [0.2, 0.25) is 0 Å². The molecule has 0 spiro atoms. The third kappa shape index (κ3) is 9.59. The molecule has 0 saturated carbocycles. The molecule has 0 amide bonds. The zero-order valence-electron chi connectivity index (χ0n) is 55.4. The molecule has 2 aromatic heterocycles. The molecule has 2 aliphatic heterocycles. The van der Waals surface area contributed by atoms with Gasteiger partial charge in [0.05, 0.1) is 44.8 Å². The van der Waals surface area contributed by atoms with Crippen molar-refractivity contribution in [2.75, 3.05) is 9.80 Å². The Labute approximate surface area is 577 Å². The fourth-order valence-electron chi connectivity index (χ4n) is 16.1. The normalized spacial score (nSPS) is 12.5. The first-order chi connectivity index (χ1) is 48.8. The highest BCUT2D eigenvalue weighted by atomic mass is 15.2. The van der Waals surface area contributed by atoms with E-state index in [-0.39, 0.29) is 12.1 Å². The van der Waals surface area contributed by atoms with Crippen LogP contribution in [0.1, 0.15) is 26.3 Å². The standard InChI is InChI=1S/C94H67BN4/c1-94(2,3)74-60-91-93-92(61-74)99(90-41-25-23-39-88(90)97-83-50-44-70(64-30-14-6-15-31-64)56-77(83)78-57-71(45-51-84(78)97)65-32-16-7-17-33-65)86-53-47-73(67-36-20-9-21-37-67)59-80(86)95(93)79-58-72(66-34-18-8-19-35-66)46-52-85(79)98(91)89-40-24-22-38-87(89)96-81-48-42-68(62-26-10-4-11-27-62)54-75(81)76-55-69(43-49-82(76)96)63-28-12-5-13-29-63/h4-61H,1-3H3. The van der Waals surface area contributed by atoms with Crippen molar-refractivity contribution in [2.45, 2.75) is 26.2 Å². The van der Waals surface area contributed by atoms with Crippen molar-refractivity contribution in [3.05, 3.63) is 357 Å². The quantitative estimate of drug-likeness (QED) is 0.127. The molecule has 0 N–H and O–H groups in total. The van der Waals surface area contributed by atoms with E-state index in [2.05, 4.69) is 392 Å². The minimum atomic E-state index is -0.272. The van der Waals surface area contributed by atoms with Crippen LogP contribution in [0.4, 0.5) is 34.1 Å². The average Bonchev–Trinajstić information content (AvgIpc) is 1.00. The van der Waals surface area contributed by atoms with E-state index in [1.54, 1.807) is 0 Å². The number of hydrogen-bond donors (Lipinski definition) is 0. The number of fused-ring (bicyclic) bond motifs is 10. The lowest BCUT2D eigenvalue weighted by molar-refractivity contribution is 0.590. The van der Waals surface area contributed by atoms with Crippen molar-refractivity contribution in [2.24, 2.45) is 0 Å². The molecule has 0 bridgehead atoms. The molecule has 5 heteroatoms. The number of benzene rings is 15. The number of aromatic nitrogens is 2. The molecule has 4 heterocycles. The summed E-state index contributed by atoms with van der Waals surface area (Å²) in [5.41, 5.74) is 32.5. The van der Waals surface area contributed by atoms with E-state index in [0.29, 0.717) is 0 Å². The summed E-state index contributed by atoms with van der Waals surface area (Å²) in [6, 6.07) is 131. The van der Waals surface area contributed by atoms with Gasteiger partial charge in [-0.15, -0.1) is 0 Å². The summed E-state index contributed by atoms with van der Waals surface area (Å²) < 4.78 is 5.07. The predicted octanol–water partition coefficient (Wildman–Crippen LogP) is 23.3. The van der Waals surface area contributed by atoms with E-state index in [0.717, 1.165) is 67.6 Å². The second kappa shape index (κ2) is 23.2. The van der Waals surface area contributed by atoms with Crippen molar-refractivity contribution in [3.8, 4) is 78.1 Å². The topological polar surface area (TPSA) is 16.3 Å². The van der Waals surface area contributed by atoms with Crippen molar-refractivity contribution >= 4 is 101 Å². The number of para-hydroxylation sites is 4. The third-order valence-electron chi connectivity index (χ3n) is 20.8. The lowest BCUT2D eigenvalue weighted by atomic mass is 9.33. The van der Waals surface area contributed by atoms with Crippen molar-refractivity contribution in [1.29, 1.82) is 0 Å². The summed E-state index contributed by atoms with van der Waals surface area (Å²) in [6.07, 6.45) is 0. The van der Waals surface area contributed by atoms with E-state index in [1.165, 1.54) is 110 Å². The molecule has 99 heavy (non-hydrogen) atoms. The van der Waals surface area contributed by atoms with Crippen LogP contribution < -0.4 is 26.2 Å². The van der Waals surface area contributed by atoms with Crippen molar-refractivity contribution < 1.29 is 0 Å². The zero-order valence-corrected chi connectivity index (χ0v) is 55.4. The Hall–Kier alpha value is -12.4. The van der Waals surface area contributed by atoms with Gasteiger partial charge in [-0.25, -0.2) is 0 Å². The molecule has 0 atom stereocenters. The fraction of sp³-hybridized carbons (Fsp3) is 0.0426. The maximum Gasteiger partial charge on any atom is 0.252 e. The molecule has 466 valence electrons. The minimum absolute atomic E-state index is 0.185. The van der Waals surface area contributed by atoms with Gasteiger partial charge in [-0.1, -0.05) is 276 Å². The highest BCUT2D eigenvalue weighted by molar-refractivity contribution is 7.00. The Bertz CT molecular complexity index is 5460.